The molecule has 1 aliphatic carbocycles. The minimum atomic E-state index is -0.404. The quantitative estimate of drug-likeness (QED) is 0.868. The molecular formula is C13H15ClN2O2S. The molecule has 2 amide bonds. The average Bonchev–Trinajstić information content (AvgIpc) is 2.71. The number of nitrogens with two attached hydrogens (primary N) is 1. The van der Waals surface area contributed by atoms with Crippen molar-refractivity contribution in [2.75, 3.05) is 11.5 Å². The van der Waals surface area contributed by atoms with Gasteiger partial charge in [-0.2, -0.15) is 0 Å². The summed E-state index contributed by atoms with van der Waals surface area (Å²) in [5.74, 6) is -0.0511. The number of rotatable bonds is 5. The van der Waals surface area contributed by atoms with Gasteiger partial charge in [0.2, 0.25) is 11.8 Å². The topological polar surface area (TPSA) is 72.2 Å². The first-order chi connectivity index (χ1) is 9.06. The molecule has 3 N–H and O–H groups in total. The summed E-state index contributed by atoms with van der Waals surface area (Å²) < 4.78 is 0. The SMILES string of the molecule is NC(=O)CSCC(=O)N[C@@H]1CCc2cc(Cl)ccc21. The lowest BCUT2D eigenvalue weighted by molar-refractivity contribution is -0.119. The van der Waals surface area contributed by atoms with Crippen LogP contribution < -0.4 is 11.1 Å². The highest BCUT2D eigenvalue weighted by Crippen LogP contribution is 2.32. The summed E-state index contributed by atoms with van der Waals surface area (Å²) in [6.07, 6.45) is 1.82. The van der Waals surface area contributed by atoms with Crippen molar-refractivity contribution in [1.82, 2.24) is 5.32 Å². The standard InChI is InChI=1S/C13H15ClN2O2S/c14-9-2-3-10-8(5-9)1-4-11(10)16-13(18)7-19-6-12(15)17/h2-3,5,11H,1,4,6-7H2,(H2,15,17)(H,16,18)/t11-/m1/s1. The van der Waals surface area contributed by atoms with Crippen LogP contribution in [-0.4, -0.2) is 23.3 Å². The van der Waals surface area contributed by atoms with Gasteiger partial charge in [0.25, 0.3) is 0 Å². The molecule has 6 heteroatoms. The fourth-order valence-electron chi connectivity index (χ4n) is 2.22. The summed E-state index contributed by atoms with van der Waals surface area (Å²) >= 11 is 7.17. The van der Waals surface area contributed by atoms with Gasteiger partial charge in [0.05, 0.1) is 17.5 Å². The molecule has 0 fully saturated rings. The maximum atomic E-state index is 11.7. The summed E-state index contributed by atoms with van der Waals surface area (Å²) in [6.45, 7) is 0. The van der Waals surface area contributed by atoms with Gasteiger partial charge < -0.3 is 11.1 Å². The van der Waals surface area contributed by atoms with Gasteiger partial charge >= 0.3 is 0 Å². The molecule has 0 aromatic heterocycles. The van der Waals surface area contributed by atoms with E-state index >= 15 is 0 Å². The zero-order valence-corrected chi connectivity index (χ0v) is 11.9. The molecule has 1 aromatic carbocycles. The number of hydrogen-bond donors (Lipinski definition) is 2. The first kappa shape index (κ1) is 14.2. The third kappa shape index (κ3) is 3.88. The lowest BCUT2D eigenvalue weighted by Crippen LogP contribution is -2.29. The fourth-order valence-corrected chi connectivity index (χ4v) is 2.98. The molecule has 0 saturated heterocycles. The van der Waals surface area contributed by atoms with Gasteiger partial charge in [0.15, 0.2) is 0 Å². The average molecular weight is 299 g/mol. The zero-order chi connectivity index (χ0) is 13.8. The van der Waals surface area contributed by atoms with Crippen molar-refractivity contribution in [1.29, 1.82) is 0 Å². The summed E-state index contributed by atoms with van der Waals surface area (Å²) in [4.78, 5) is 22.3. The highest BCUT2D eigenvalue weighted by molar-refractivity contribution is 8.00. The van der Waals surface area contributed by atoms with E-state index in [0.29, 0.717) is 0 Å². The van der Waals surface area contributed by atoms with Gasteiger partial charge in [-0.1, -0.05) is 17.7 Å². The van der Waals surface area contributed by atoms with E-state index in [0.717, 1.165) is 23.4 Å². The van der Waals surface area contributed by atoms with Crippen molar-refractivity contribution in [3.63, 3.8) is 0 Å². The van der Waals surface area contributed by atoms with Gasteiger partial charge in [-0.05, 0) is 36.1 Å². The Morgan fingerprint density at radius 1 is 1.42 bits per heavy atom. The Kier molecular flexibility index (Phi) is 4.71. The van der Waals surface area contributed by atoms with Gasteiger partial charge in [-0.3, -0.25) is 9.59 Å². The Hall–Kier alpha value is -1.20. The van der Waals surface area contributed by atoms with E-state index in [9.17, 15) is 9.59 Å². The van der Waals surface area contributed by atoms with Crippen LogP contribution in [0.1, 0.15) is 23.6 Å². The van der Waals surface area contributed by atoms with Crippen LogP contribution >= 0.6 is 23.4 Å². The van der Waals surface area contributed by atoms with Crippen LogP contribution in [0.2, 0.25) is 5.02 Å². The molecule has 102 valence electrons. The molecule has 19 heavy (non-hydrogen) atoms. The number of primary amides is 1. The number of amides is 2. The van der Waals surface area contributed by atoms with E-state index in [1.54, 1.807) is 0 Å². The predicted molar refractivity (Wildman–Crippen MR) is 77.2 cm³/mol. The molecule has 1 aliphatic rings. The Labute approximate surface area is 121 Å². The summed E-state index contributed by atoms with van der Waals surface area (Å²) in [7, 11) is 0. The maximum Gasteiger partial charge on any atom is 0.230 e. The summed E-state index contributed by atoms with van der Waals surface area (Å²) in [6, 6.07) is 5.80. The molecule has 0 unspecified atom stereocenters. The van der Waals surface area contributed by atoms with Crippen molar-refractivity contribution in [2.24, 2.45) is 5.73 Å². The molecule has 4 nitrogen and oxygen atoms in total. The van der Waals surface area contributed by atoms with E-state index in [1.807, 2.05) is 18.2 Å². The number of carbonyl (C=O) groups excluding carboxylic acids is 2. The first-order valence-corrected chi connectivity index (χ1v) is 7.53. The van der Waals surface area contributed by atoms with Gasteiger partial charge in [-0.15, -0.1) is 11.8 Å². The molecule has 1 atom stereocenters. The lowest BCUT2D eigenvalue weighted by atomic mass is 10.1. The van der Waals surface area contributed by atoms with E-state index in [2.05, 4.69) is 5.32 Å². The number of aryl methyl sites for hydroxylation is 1. The zero-order valence-electron chi connectivity index (χ0n) is 10.3. The highest BCUT2D eigenvalue weighted by Gasteiger charge is 2.23. The Bertz CT molecular complexity index is 507. The normalized spacial score (nSPS) is 17.0. The van der Waals surface area contributed by atoms with E-state index < -0.39 is 5.91 Å². The molecule has 0 bridgehead atoms. The molecular weight excluding hydrogens is 284 g/mol. The van der Waals surface area contributed by atoms with Gasteiger partial charge in [0, 0.05) is 5.02 Å². The fraction of sp³-hybridized carbons (Fsp3) is 0.385. The van der Waals surface area contributed by atoms with Crippen LogP contribution in [0.3, 0.4) is 0 Å². The minimum Gasteiger partial charge on any atom is -0.369 e. The second kappa shape index (κ2) is 6.30. The van der Waals surface area contributed by atoms with Crippen molar-refractivity contribution < 1.29 is 9.59 Å². The highest BCUT2D eigenvalue weighted by atomic mass is 35.5. The van der Waals surface area contributed by atoms with Crippen LogP contribution in [0.5, 0.6) is 0 Å². The predicted octanol–water partition coefficient (Wildman–Crippen LogP) is 1.66. The smallest absolute Gasteiger partial charge is 0.230 e. The van der Waals surface area contributed by atoms with Crippen LogP contribution in [-0.2, 0) is 16.0 Å². The Morgan fingerprint density at radius 3 is 2.95 bits per heavy atom. The van der Waals surface area contributed by atoms with Gasteiger partial charge in [0.1, 0.15) is 0 Å². The largest absolute Gasteiger partial charge is 0.369 e. The van der Waals surface area contributed by atoms with Crippen LogP contribution in [0, 0.1) is 0 Å². The number of hydrogen-bond acceptors (Lipinski definition) is 3. The molecule has 0 radical (unpaired) electrons. The maximum absolute atomic E-state index is 11.7. The van der Waals surface area contributed by atoms with Crippen LogP contribution in [0.4, 0.5) is 0 Å². The number of fused-ring (bicyclic) bond motifs is 1. The molecule has 1 aromatic rings. The third-order valence-electron chi connectivity index (χ3n) is 3.00. The van der Waals surface area contributed by atoms with Crippen molar-refractivity contribution >= 4 is 35.2 Å². The summed E-state index contributed by atoms with van der Waals surface area (Å²) in [5.41, 5.74) is 7.35. The number of nitrogens with one attached hydrogen (secondary N) is 1. The van der Waals surface area contributed by atoms with Crippen molar-refractivity contribution in [2.45, 2.75) is 18.9 Å². The monoisotopic (exact) mass is 298 g/mol. The van der Waals surface area contributed by atoms with Crippen LogP contribution in [0.15, 0.2) is 18.2 Å². The number of halogens is 1. The molecule has 2 rings (SSSR count). The molecule has 0 aliphatic heterocycles. The van der Waals surface area contributed by atoms with E-state index in [4.69, 9.17) is 17.3 Å². The summed E-state index contributed by atoms with van der Waals surface area (Å²) in [5, 5.41) is 3.70. The Morgan fingerprint density at radius 2 is 2.21 bits per heavy atom. The van der Waals surface area contributed by atoms with Crippen LogP contribution in [0.25, 0.3) is 0 Å². The van der Waals surface area contributed by atoms with Crippen molar-refractivity contribution in [3.05, 3.63) is 34.3 Å². The Balaban J connectivity index is 1.88. The third-order valence-corrected chi connectivity index (χ3v) is 4.19. The number of carbonyl (C=O) groups is 2. The lowest BCUT2D eigenvalue weighted by Gasteiger charge is -2.14. The molecule has 0 saturated carbocycles. The molecule has 0 heterocycles. The number of thioether (sulfide) groups is 1. The van der Waals surface area contributed by atoms with E-state index in [1.165, 1.54) is 17.3 Å². The van der Waals surface area contributed by atoms with Crippen molar-refractivity contribution in [3.8, 4) is 0 Å². The minimum absolute atomic E-state index is 0.0499. The second-order valence-electron chi connectivity index (χ2n) is 4.46. The first-order valence-electron chi connectivity index (χ1n) is 6.00. The van der Waals surface area contributed by atoms with Gasteiger partial charge in [-0.25, -0.2) is 0 Å². The molecule has 0 spiro atoms. The van der Waals surface area contributed by atoms with E-state index in [-0.39, 0.29) is 23.5 Å². The number of benzene rings is 1. The second-order valence-corrected chi connectivity index (χ2v) is 5.88.